The van der Waals surface area contributed by atoms with Crippen molar-refractivity contribution in [2.24, 2.45) is 10.9 Å². The van der Waals surface area contributed by atoms with Crippen LogP contribution in [0.4, 0.5) is 4.39 Å². The van der Waals surface area contributed by atoms with E-state index in [0.717, 1.165) is 38.9 Å². The van der Waals surface area contributed by atoms with Crippen LogP contribution in [0, 0.1) is 11.7 Å². The third-order valence-corrected chi connectivity index (χ3v) is 5.94. The quantitative estimate of drug-likeness (QED) is 0.560. The van der Waals surface area contributed by atoms with E-state index < -0.39 is 0 Å². The van der Waals surface area contributed by atoms with Crippen molar-refractivity contribution in [3.8, 4) is 0 Å². The zero-order chi connectivity index (χ0) is 19.9. The Bertz CT molecular complexity index is 685. The molecule has 1 aliphatic carbocycles. The zero-order valence-corrected chi connectivity index (χ0v) is 17.3. The van der Waals surface area contributed by atoms with Crippen LogP contribution in [-0.4, -0.2) is 49.0 Å². The van der Waals surface area contributed by atoms with E-state index in [1.54, 1.807) is 12.1 Å². The molecule has 7 heteroatoms. The Morgan fingerprint density at radius 1 is 1.32 bits per heavy atom. The average molecular weight is 409 g/mol. The fraction of sp³-hybridized carbons (Fsp3) is 0.619. The van der Waals surface area contributed by atoms with Gasteiger partial charge in [0, 0.05) is 48.7 Å². The number of amides is 1. The molecule has 2 N–H and O–H groups in total. The molecule has 1 saturated carbocycles. The Labute approximate surface area is 171 Å². The number of carbonyl (C=O) groups excluding carboxylic acids is 1. The Morgan fingerprint density at radius 2 is 2.11 bits per heavy atom. The number of rotatable bonds is 6. The zero-order valence-electron chi connectivity index (χ0n) is 16.5. The van der Waals surface area contributed by atoms with Crippen LogP contribution in [0.2, 0.25) is 5.02 Å². The molecule has 0 radical (unpaired) electrons. The van der Waals surface area contributed by atoms with Crippen LogP contribution < -0.4 is 10.6 Å². The largest absolute Gasteiger partial charge is 0.357 e. The fourth-order valence-electron chi connectivity index (χ4n) is 4.07. The van der Waals surface area contributed by atoms with Crippen LogP contribution in [0.3, 0.4) is 0 Å². The minimum Gasteiger partial charge on any atom is -0.357 e. The molecule has 1 atom stereocenters. The van der Waals surface area contributed by atoms with E-state index in [1.807, 2.05) is 11.8 Å². The molecule has 1 aromatic carbocycles. The lowest BCUT2D eigenvalue weighted by Gasteiger charge is -2.21. The maximum Gasteiger partial charge on any atom is 0.225 e. The summed E-state index contributed by atoms with van der Waals surface area (Å²) in [5.41, 5.74) is 0.498. The highest BCUT2D eigenvalue weighted by molar-refractivity contribution is 6.31. The molecule has 1 heterocycles. The fourth-order valence-corrected chi connectivity index (χ4v) is 4.33. The molecule has 2 aliphatic rings. The van der Waals surface area contributed by atoms with E-state index >= 15 is 0 Å². The van der Waals surface area contributed by atoms with Gasteiger partial charge < -0.3 is 15.5 Å². The molecule has 1 unspecified atom stereocenters. The standard InChI is InChI=1S/C21H30ClFN4O/c1-2-24-21(25-12-10-17-18(22)8-5-9-19(17)23)26-16-11-13-27(14-16)20(28)15-6-3-4-7-15/h5,8-9,15-16H,2-4,6-7,10-14H2,1H3,(H2,24,25,26). The second-order valence-electron chi connectivity index (χ2n) is 7.61. The number of benzene rings is 1. The predicted molar refractivity (Wildman–Crippen MR) is 111 cm³/mol. The summed E-state index contributed by atoms with van der Waals surface area (Å²) < 4.78 is 13.9. The molecule has 0 bridgehead atoms. The molecule has 1 aliphatic heterocycles. The van der Waals surface area contributed by atoms with Crippen LogP contribution in [0.25, 0.3) is 0 Å². The second-order valence-corrected chi connectivity index (χ2v) is 8.01. The van der Waals surface area contributed by atoms with E-state index in [-0.39, 0.29) is 17.8 Å². The lowest BCUT2D eigenvalue weighted by molar-refractivity contribution is -0.134. The summed E-state index contributed by atoms with van der Waals surface area (Å²) in [7, 11) is 0. The van der Waals surface area contributed by atoms with Gasteiger partial charge in [-0.05, 0) is 44.7 Å². The first-order valence-corrected chi connectivity index (χ1v) is 10.7. The van der Waals surface area contributed by atoms with Gasteiger partial charge in [0.1, 0.15) is 5.82 Å². The summed E-state index contributed by atoms with van der Waals surface area (Å²) in [5, 5.41) is 7.09. The topological polar surface area (TPSA) is 56.7 Å². The summed E-state index contributed by atoms with van der Waals surface area (Å²) in [6.07, 6.45) is 5.79. The molecule has 1 saturated heterocycles. The summed E-state index contributed by atoms with van der Waals surface area (Å²) in [4.78, 5) is 19.2. The van der Waals surface area contributed by atoms with Gasteiger partial charge in [0.2, 0.25) is 5.91 Å². The van der Waals surface area contributed by atoms with Gasteiger partial charge in [-0.3, -0.25) is 9.79 Å². The number of nitrogens with one attached hydrogen (secondary N) is 2. The van der Waals surface area contributed by atoms with Crippen molar-refractivity contribution in [1.82, 2.24) is 15.5 Å². The van der Waals surface area contributed by atoms with Gasteiger partial charge in [0.15, 0.2) is 5.96 Å². The molecule has 5 nitrogen and oxygen atoms in total. The third kappa shape index (κ3) is 5.37. The Morgan fingerprint density at radius 3 is 2.82 bits per heavy atom. The lowest BCUT2D eigenvalue weighted by atomic mass is 10.1. The molecule has 3 rings (SSSR count). The summed E-state index contributed by atoms with van der Waals surface area (Å²) in [6, 6.07) is 4.92. The molecule has 0 spiro atoms. The third-order valence-electron chi connectivity index (χ3n) is 5.58. The number of hydrogen-bond acceptors (Lipinski definition) is 2. The Balaban J connectivity index is 1.52. The maximum atomic E-state index is 13.9. The number of carbonyl (C=O) groups is 1. The summed E-state index contributed by atoms with van der Waals surface area (Å²) in [6.45, 7) is 4.71. The summed E-state index contributed by atoms with van der Waals surface area (Å²) in [5.74, 6) is 0.955. The van der Waals surface area contributed by atoms with Crippen molar-refractivity contribution < 1.29 is 9.18 Å². The van der Waals surface area contributed by atoms with Gasteiger partial charge in [0.05, 0.1) is 0 Å². The van der Waals surface area contributed by atoms with Gasteiger partial charge in [-0.2, -0.15) is 0 Å². The van der Waals surface area contributed by atoms with Crippen LogP contribution in [0.15, 0.2) is 23.2 Å². The minimum atomic E-state index is -0.294. The second kappa shape index (κ2) is 10.1. The molecule has 1 aromatic rings. The molecule has 2 fully saturated rings. The van der Waals surface area contributed by atoms with E-state index in [4.69, 9.17) is 11.6 Å². The van der Waals surface area contributed by atoms with Crippen molar-refractivity contribution in [2.45, 2.75) is 51.5 Å². The molecular weight excluding hydrogens is 379 g/mol. The van der Waals surface area contributed by atoms with Gasteiger partial charge in [-0.15, -0.1) is 0 Å². The van der Waals surface area contributed by atoms with Crippen LogP contribution in [-0.2, 0) is 11.2 Å². The number of nitrogens with zero attached hydrogens (tertiary/aromatic N) is 2. The first-order chi connectivity index (χ1) is 13.6. The Hall–Kier alpha value is -1.82. The summed E-state index contributed by atoms with van der Waals surface area (Å²) >= 11 is 6.09. The highest BCUT2D eigenvalue weighted by Gasteiger charge is 2.32. The highest BCUT2D eigenvalue weighted by Crippen LogP contribution is 2.27. The number of guanidine groups is 1. The van der Waals surface area contributed by atoms with Crippen molar-refractivity contribution in [3.63, 3.8) is 0 Å². The SMILES string of the molecule is CCNC(=NCCc1c(F)cccc1Cl)NC1CCN(C(=O)C2CCCC2)C1. The van der Waals surface area contributed by atoms with E-state index in [9.17, 15) is 9.18 Å². The van der Waals surface area contributed by atoms with Gasteiger partial charge in [0.25, 0.3) is 0 Å². The number of halogens is 2. The van der Waals surface area contributed by atoms with Crippen molar-refractivity contribution >= 4 is 23.5 Å². The molecule has 1 amide bonds. The molecular formula is C21H30ClFN4O. The molecule has 154 valence electrons. The Kier molecular flexibility index (Phi) is 7.54. The van der Waals surface area contributed by atoms with Gasteiger partial charge in [-0.25, -0.2) is 4.39 Å². The van der Waals surface area contributed by atoms with Crippen LogP contribution in [0.5, 0.6) is 0 Å². The molecule has 28 heavy (non-hydrogen) atoms. The first-order valence-electron chi connectivity index (χ1n) is 10.3. The van der Waals surface area contributed by atoms with Crippen molar-refractivity contribution in [3.05, 3.63) is 34.6 Å². The normalized spacial score (nSPS) is 20.6. The number of aliphatic imine (C=N–C) groups is 1. The average Bonchev–Trinajstić information content (AvgIpc) is 3.36. The van der Waals surface area contributed by atoms with Gasteiger partial charge in [-0.1, -0.05) is 30.5 Å². The minimum absolute atomic E-state index is 0.195. The number of hydrogen-bond donors (Lipinski definition) is 2. The van der Waals surface area contributed by atoms with Crippen LogP contribution >= 0.6 is 11.6 Å². The maximum absolute atomic E-state index is 13.9. The van der Waals surface area contributed by atoms with E-state index in [2.05, 4.69) is 15.6 Å². The molecule has 0 aromatic heterocycles. The highest BCUT2D eigenvalue weighted by atomic mass is 35.5. The lowest BCUT2D eigenvalue weighted by Crippen LogP contribution is -2.45. The predicted octanol–water partition coefficient (Wildman–Crippen LogP) is 3.37. The van der Waals surface area contributed by atoms with Crippen molar-refractivity contribution in [2.75, 3.05) is 26.2 Å². The smallest absolute Gasteiger partial charge is 0.225 e. The monoisotopic (exact) mass is 408 g/mol. The van der Waals surface area contributed by atoms with E-state index in [1.165, 1.54) is 18.9 Å². The van der Waals surface area contributed by atoms with Gasteiger partial charge >= 0.3 is 0 Å². The van der Waals surface area contributed by atoms with E-state index in [0.29, 0.717) is 35.4 Å². The van der Waals surface area contributed by atoms with Crippen molar-refractivity contribution in [1.29, 1.82) is 0 Å². The first kappa shape index (κ1) is 20.9. The number of likely N-dealkylation sites (tertiary alicyclic amines) is 1. The van der Waals surface area contributed by atoms with Crippen LogP contribution in [0.1, 0.15) is 44.6 Å².